The van der Waals surface area contributed by atoms with E-state index in [9.17, 15) is 10.2 Å². The maximum absolute atomic E-state index is 10.3. The molecular weight excluding hydrogens is 188 g/mol. The number of fused-ring (bicyclic) bond motifs is 5. The molecule has 0 aromatic heterocycles. The largest absolute Gasteiger partial charge is 0.365 e. The van der Waals surface area contributed by atoms with Gasteiger partial charge in [-0.25, -0.2) is 0 Å². The van der Waals surface area contributed by atoms with Gasteiger partial charge in [-0.1, -0.05) is 13.3 Å². The van der Waals surface area contributed by atoms with Crippen LogP contribution in [-0.4, -0.2) is 16.0 Å². The average Bonchev–Trinajstić information content (AvgIpc) is 2.89. The van der Waals surface area contributed by atoms with Crippen molar-refractivity contribution in [2.45, 2.75) is 57.7 Å². The Bertz CT molecular complexity index is 274. The molecular formula is C13H22O2. The highest BCUT2D eigenvalue weighted by Gasteiger charge is 2.65. The summed E-state index contributed by atoms with van der Waals surface area (Å²) in [5.41, 5.74) is -0.131. The van der Waals surface area contributed by atoms with Gasteiger partial charge in [0.1, 0.15) is 0 Å². The Balaban J connectivity index is 1.97. The molecule has 0 amide bonds. The predicted molar refractivity (Wildman–Crippen MR) is 58.1 cm³/mol. The van der Waals surface area contributed by atoms with Crippen molar-refractivity contribution in [1.29, 1.82) is 0 Å². The maximum atomic E-state index is 10.3. The van der Waals surface area contributed by atoms with Crippen LogP contribution in [0, 0.1) is 23.2 Å². The first kappa shape index (κ1) is 10.1. The van der Waals surface area contributed by atoms with Gasteiger partial charge in [0.2, 0.25) is 0 Å². The molecule has 4 atom stereocenters. The van der Waals surface area contributed by atoms with Crippen molar-refractivity contribution in [3.63, 3.8) is 0 Å². The fraction of sp³-hybridized carbons (Fsp3) is 1.00. The average molecular weight is 210 g/mol. The van der Waals surface area contributed by atoms with Gasteiger partial charge in [0.25, 0.3) is 0 Å². The fourth-order valence-electron chi connectivity index (χ4n) is 5.07. The SMILES string of the molecule is CCC(O)(O)C12CCC(C1)C1CCCC12. The zero-order valence-corrected chi connectivity index (χ0v) is 9.58. The van der Waals surface area contributed by atoms with Gasteiger partial charge < -0.3 is 10.2 Å². The summed E-state index contributed by atoms with van der Waals surface area (Å²) in [7, 11) is 0. The van der Waals surface area contributed by atoms with Crippen molar-refractivity contribution < 1.29 is 10.2 Å². The molecule has 0 saturated heterocycles. The minimum absolute atomic E-state index is 0.131. The lowest BCUT2D eigenvalue weighted by molar-refractivity contribution is -0.257. The first-order valence-electron chi connectivity index (χ1n) is 6.55. The number of hydrogen-bond donors (Lipinski definition) is 2. The zero-order chi connectivity index (χ0) is 10.7. The van der Waals surface area contributed by atoms with Crippen LogP contribution in [-0.2, 0) is 0 Å². The smallest absolute Gasteiger partial charge is 0.168 e. The first-order chi connectivity index (χ1) is 7.11. The lowest BCUT2D eigenvalue weighted by Gasteiger charge is -2.45. The molecule has 2 bridgehead atoms. The summed E-state index contributed by atoms with van der Waals surface area (Å²) < 4.78 is 0. The van der Waals surface area contributed by atoms with E-state index < -0.39 is 5.79 Å². The molecule has 3 fully saturated rings. The summed E-state index contributed by atoms with van der Waals surface area (Å²) >= 11 is 0. The van der Waals surface area contributed by atoms with Crippen LogP contribution in [0.1, 0.15) is 51.9 Å². The minimum atomic E-state index is -1.40. The van der Waals surface area contributed by atoms with Crippen molar-refractivity contribution in [1.82, 2.24) is 0 Å². The second-order valence-electron chi connectivity index (χ2n) is 6.03. The molecule has 15 heavy (non-hydrogen) atoms. The molecule has 4 unspecified atom stereocenters. The van der Waals surface area contributed by atoms with E-state index in [2.05, 4.69) is 0 Å². The van der Waals surface area contributed by atoms with E-state index in [0.717, 1.165) is 24.7 Å². The second kappa shape index (κ2) is 2.98. The molecule has 0 spiro atoms. The van der Waals surface area contributed by atoms with Crippen molar-refractivity contribution in [3.05, 3.63) is 0 Å². The highest BCUT2D eigenvalue weighted by Crippen LogP contribution is 2.69. The molecule has 0 aromatic carbocycles. The van der Waals surface area contributed by atoms with Gasteiger partial charge in [-0.15, -0.1) is 0 Å². The number of aliphatic hydroxyl groups is 2. The van der Waals surface area contributed by atoms with Gasteiger partial charge in [0.05, 0.1) is 0 Å². The second-order valence-corrected chi connectivity index (χ2v) is 6.03. The fourth-order valence-corrected chi connectivity index (χ4v) is 5.07. The third kappa shape index (κ3) is 1.07. The Kier molecular flexibility index (Phi) is 2.01. The van der Waals surface area contributed by atoms with Crippen molar-refractivity contribution in [2.24, 2.45) is 23.2 Å². The van der Waals surface area contributed by atoms with Crippen LogP contribution >= 0.6 is 0 Å². The molecule has 0 radical (unpaired) electrons. The van der Waals surface area contributed by atoms with Crippen LogP contribution in [0.2, 0.25) is 0 Å². The molecule has 3 rings (SSSR count). The highest BCUT2D eigenvalue weighted by atomic mass is 16.5. The normalized spacial score (nSPS) is 48.6. The molecule has 2 heteroatoms. The van der Waals surface area contributed by atoms with Gasteiger partial charge in [0.15, 0.2) is 5.79 Å². The zero-order valence-electron chi connectivity index (χ0n) is 9.58. The highest BCUT2D eigenvalue weighted by molar-refractivity contribution is 5.12. The standard InChI is InChI=1S/C13H22O2/c1-2-13(14,15)12-7-6-9(8-12)10-4-3-5-11(10)12/h9-11,14-15H,2-8H2,1H3. The van der Waals surface area contributed by atoms with E-state index in [-0.39, 0.29) is 5.41 Å². The van der Waals surface area contributed by atoms with Gasteiger partial charge >= 0.3 is 0 Å². The molecule has 0 heterocycles. The van der Waals surface area contributed by atoms with E-state index in [0.29, 0.717) is 12.3 Å². The predicted octanol–water partition coefficient (Wildman–Crippen LogP) is 2.29. The first-order valence-corrected chi connectivity index (χ1v) is 6.55. The van der Waals surface area contributed by atoms with Crippen LogP contribution in [0.4, 0.5) is 0 Å². The van der Waals surface area contributed by atoms with E-state index in [1.54, 1.807) is 0 Å². The summed E-state index contributed by atoms with van der Waals surface area (Å²) in [5.74, 6) is 0.851. The van der Waals surface area contributed by atoms with Crippen LogP contribution in [0.25, 0.3) is 0 Å². The summed E-state index contributed by atoms with van der Waals surface area (Å²) in [5, 5.41) is 20.6. The molecule has 3 saturated carbocycles. The quantitative estimate of drug-likeness (QED) is 0.687. The topological polar surface area (TPSA) is 40.5 Å². The van der Waals surface area contributed by atoms with Crippen molar-refractivity contribution in [2.75, 3.05) is 0 Å². The molecule has 0 aliphatic heterocycles. The molecule has 3 aliphatic carbocycles. The maximum Gasteiger partial charge on any atom is 0.168 e. The van der Waals surface area contributed by atoms with Crippen LogP contribution in [0.3, 0.4) is 0 Å². The Hall–Kier alpha value is -0.0800. The summed E-state index contributed by atoms with van der Waals surface area (Å²) in [6.07, 6.45) is 7.77. The van der Waals surface area contributed by atoms with Gasteiger partial charge in [-0.2, -0.15) is 0 Å². The van der Waals surface area contributed by atoms with Gasteiger partial charge in [-0.3, -0.25) is 0 Å². The third-order valence-corrected chi connectivity index (χ3v) is 5.76. The van der Waals surface area contributed by atoms with Gasteiger partial charge in [0, 0.05) is 5.41 Å². The molecule has 2 N–H and O–H groups in total. The van der Waals surface area contributed by atoms with E-state index in [1.807, 2.05) is 6.92 Å². The third-order valence-electron chi connectivity index (χ3n) is 5.76. The summed E-state index contributed by atoms with van der Waals surface area (Å²) in [6.45, 7) is 1.91. The molecule has 2 nitrogen and oxygen atoms in total. The summed E-state index contributed by atoms with van der Waals surface area (Å²) in [4.78, 5) is 0. The Labute approximate surface area is 91.7 Å². The van der Waals surface area contributed by atoms with Crippen molar-refractivity contribution in [3.8, 4) is 0 Å². The Morgan fingerprint density at radius 1 is 1.27 bits per heavy atom. The van der Waals surface area contributed by atoms with Gasteiger partial charge in [-0.05, 0) is 56.3 Å². The van der Waals surface area contributed by atoms with E-state index in [4.69, 9.17) is 0 Å². The van der Waals surface area contributed by atoms with E-state index in [1.165, 1.54) is 25.7 Å². The Morgan fingerprint density at radius 3 is 2.80 bits per heavy atom. The monoisotopic (exact) mass is 210 g/mol. The number of rotatable bonds is 2. The van der Waals surface area contributed by atoms with Crippen LogP contribution in [0.15, 0.2) is 0 Å². The van der Waals surface area contributed by atoms with Crippen LogP contribution < -0.4 is 0 Å². The lowest BCUT2D eigenvalue weighted by Crippen LogP contribution is -2.50. The minimum Gasteiger partial charge on any atom is -0.365 e. The molecule has 3 aliphatic rings. The van der Waals surface area contributed by atoms with E-state index >= 15 is 0 Å². The van der Waals surface area contributed by atoms with Crippen molar-refractivity contribution >= 4 is 0 Å². The number of hydrogen-bond acceptors (Lipinski definition) is 2. The summed E-state index contributed by atoms with van der Waals surface area (Å²) in [6, 6.07) is 0. The lowest BCUT2D eigenvalue weighted by atomic mass is 9.66. The van der Waals surface area contributed by atoms with Crippen LogP contribution in [0.5, 0.6) is 0 Å². The molecule has 86 valence electrons. The Morgan fingerprint density at radius 2 is 2.07 bits per heavy atom. The molecule has 0 aromatic rings.